The molecule has 0 radical (unpaired) electrons. The van der Waals surface area contributed by atoms with Crippen molar-refractivity contribution in [2.24, 2.45) is 0 Å². The van der Waals surface area contributed by atoms with E-state index in [9.17, 15) is 9.50 Å². The molecule has 0 heterocycles. The first-order valence-electron chi connectivity index (χ1n) is 6.44. The first kappa shape index (κ1) is 16.3. The smallest absolute Gasteiger partial charge is 0.124 e. The normalized spacial score (nSPS) is 12.2. The van der Waals surface area contributed by atoms with Crippen molar-refractivity contribution in [3.63, 3.8) is 0 Å². The second-order valence-electron chi connectivity index (χ2n) is 4.75. The van der Waals surface area contributed by atoms with Gasteiger partial charge in [-0.1, -0.05) is 33.6 Å². The van der Waals surface area contributed by atoms with Crippen LogP contribution in [0.15, 0.2) is 40.9 Å². The number of aliphatic hydroxyl groups is 1. The van der Waals surface area contributed by atoms with Gasteiger partial charge in [0.25, 0.3) is 0 Å². The largest absolute Gasteiger partial charge is 0.496 e. The van der Waals surface area contributed by atoms with Gasteiger partial charge in [-0.25, -0.2) is 4.39 Å². The molecule has 2 aromatic rings. The Bertz CT molecular complexity index is 634. The van der Waals surface area contributed by atoms with Crippen molar-refractivity contribution < 1.29 is 14.2 Å². The van der Waals surface area contributed by atoms with E-state index in [1.54, 1.807) is 13.2 Å². The van der Waals surface area contributed by atoms with Crippen molar-refractivity contribution in [3.05, 3.63) is 62.8 Å². The summed E-state index contributed by atoms with van der Waals surface area (Å²) >= 11 is 9.38. The molecule has 21 heavy (non-hydrogen) atoms. The van der Waals surface area contributed by atoms with Gasteiger partial charge in [0.2, 0.25) is 0 Å². The summed E-state index contributed by atoms with van der Waals surface area (Å²) in [5.41, 5.74) is 1.62. The quantitative estimate of drug-likeness (QED) is 0.842. The van der Waals surface area contributed by atoms with Crippen LogP contribution in [0, 0.1) is 5.82 Å². The van der Waals surface area contributed by atoms with Crippen molar-refractivity contribution >= 4 is 27.5 Å². The third kappa shape index (κ3) is 4.43. The summed E-state index contributed by atoms with van der Waals surface area (Å²) in [6.07, 6.45) is 0.154. The van der Waals surface area contributed by atoms with Gasteiger partial charge in [0.15, 0.2) is 0 Å². The molecule has 112 valence electrons. The maximum absolute atomic E-state index is 13.0. The maximum atomic E-state index is 13.0. The number of hydrogen-bond acceptors (Lipinski definition) is 2. The second kappa shape index (κ2) is 7.25. The zero-order valence-electron chi connectivity index (χ0n) is 11.4. The van der Waals surface area contributed by atoms with Crippen molar-refractivity contribution in [3.8, 4) is 5.75 Å². The molecule has 0 bridgehead atoms. The van der Waals surface area contributed by atoms with Crippen LogP contribution in [-0.2, 0) is 12.8 Å². The molecule has 2 nitrogen and oxygen atoms in total. The van der Waals surface area contributed by atoms with Crippen molar-refractivity contribution in [1.82, 2.24) is 0 Å². The van der Waals surface area contributed by atoms with Gasteiger partial charge in [0, 0.05) is 22.3 Å². The summed E-state index contributed by atoms with van der Waals surface area (Å²) in [6, 6.07) is 9.83. The van der Waals surface area contributed by atoms with E-state index in [4.69, 9.17) is 16.3 Å². The van der Waals surface area contributed by atoms with E-state index < -0.39 is 6.10 Å². The molecular weight excluding hydrogens is 359 g/mol. The fourth-order valence-corrected chi connectivity index (χ4v) is 2.83. The van der Waals surface area contributed by atoms with Crippen LogP contribution in [-0.4, -0.2) is 18.3 Å². The van der Waals surface area contributed by atoms with Crippen LogP contribution in [0.1, 0.15) is 11.1 Å². The molecule has 0 saturated carbocycles. The lowest BCUT2D eigenvalue weighted by molar-refractivity contribution is 0.174. The minimum absolute atomic E-state index is 0.329. The molecule has 0 spiro atoms. The Morgan fingerprint density at radius 2 is 1.90 bits per heavy atom. The van der Waals surface area contributed by atoms with E-state index in [0.29, 0.717) is 17.9 Å². The number of benzene rings is 2. The number of aliphatic hydroxyl groups excluding tert-OH is 1. The second-order valence-corrected chi connectivity index (χ2v) is 6.08. The molecule has 0 aliphatic carbocycles. The first-order valence-corrected chi connectivity index (χ1v) is 7.61. The molecule has 2 rings (SSSR count). The third-order valence-corrected chi connectivity index (χ3v) is 4.01. The highest BCUT2D eigenvalue weighted by Gasteiger charge is 2.13. The van der Waals surface area contributed by atoms with E-state index in [1.807, 2.05) is 18.2 Å². The van der Waals surface area contributed by atoms with Gasteiger partial charge in [-0.2, -0.15) is 0 Å². The van der Waals surface area contributed by atoms with E-state index in [-0.39, 0.29) is 5.82 Å². The Hall–Kier alpha value is -1.10. The van der Waals surface area contributed by atoms with Gasteiger partial charge in [-0.3, -0.25) is 0 Å². The summed E-state index contributed by atoms with van der Waals surface area (Å²) in [4.78, 5) is 0. The lowest BCUT2D eigenvalue weighted by Crippen LogP contribution is -2.15. The lowest BCUT2D eigenvalue weighted by atomic mass is 10.0. The summed E-state index contributed by atoms with van der Waals surface area (Å²) < 4.78 is 19.2. The van der Waals surface area contributed by atoms with Crippen molar-refractivity contribution in [2.75, 3.05) is 7.11 Å². The van der Waals surface area contributed by atoms with Crippen LogP contribution in [0.5, 0.6) is 5.75 Å². The van der Waals surface area contributed by atoms with Gasteiger partial charge in [0.1, 0.15) is 11.6 Å². The zero-order valence-corrected chi connectivity index (χ0v) is 13.8. The van der Waals surface area contributed by atoms with Gasteiger partial charge in [-0.05, 0) is 41.5 Å². The molecule has 0 amide bonds. The van der Waals surface area contributed by atoms with Crippen LogP contribution in [0.2, 0.25) is 5.02 Å². The SMILES string of the molecule is COc1ccc(Br)cc1CC(O)Cc1ccc(F)cc1Cl. The van der Waals surface area contributed by atoms with E-state index >= 15 is 0 Å². The fraction of sp³-hybridized carbons (Fsp3) is 0.250. The number of methoxy groups -OCH3 is 1. The lowest BCUT2D eigenvalue weighted by Gasteiger charge is -2.14. The minimum Gasteiger partial charge on any atom is -0.496 e. The fourth-order valence-electron chi connectivity index (χ4n) is 2.17. The van der Waals surface area contributed by atoms with Gasteiger partial charge >= 0.3 is 0 Å². The Labute approximate surface area is 136 Å². The Morgan fingerprint density at radius 1 is 1.19 bits per heavy atom. The summed E-state index contributed by atoms with van der Waals surface area (Å²) in [5.74, 6) is 0.342. The zero-order chi connectivity index (χ0) is 15.4. The average molecular weight is 374 g/mol. The molecule has 0 aliphatic heterocycles. The first-order chi connectivity index (χ1) is 9.99. The molecule has 0 aromatic heterocycles. The monoisotopic (exact) mass is 372 g/mol. The molecule has 1 unspecified atom stereocenters. The van der Waals surface area contributed by atoms with Crippen LogP contribution in [0.3, 0.4) is 0 Å². The van der Waals surface area contributed by atoms with Crippen LogP contribution < -0.4 is 4.74 Å². The van der Waals surface area contributed by atoms with Crippen LogP contribution >= 0.6 is 27.5 Å². The minimum atomic E-state index is -0.629. The number of halogens is 3. The summed E-state index contributed by atoms with van der Waals surface area (Å²) in [6.45, 7) is 0. The summed E-state index contributed by atoms with van der Waals surface area (Å²) in [5, 5.41) is 10.6. The number of ether oxygens (including phenoxy) is 1. The van der Waals surface area contributed by atoms with Gasteiger partial charge in [0.05, 0.1) is 13.2 Å². The molecule has 2 aromatic carbocycles. The molecule has 0 fully saturated rings. The molecule has 1 N–H and O–H groups in total. The number of hydrogen-bond donors (Lipinski definition) is 1. The predicted molar refractivity (Wildman–Crippen MR) is 85.5 cm³/mol. The van der Waals surface area contributed by atoms with E-state index in [0.717, 1.165) is 21.3 Å². The van der Waals surface area contributed by atoms with E-state index in [2.05, 4.69) is 15.9 Å². The van der Waals surface area contributed by atoms with Gasteiger partial charge in [-0.15, -0.1) is 0 Å². The summed E-state index contributed by atoms with van der Waals surface area (Å²) in [7, 11) is 1.59. The predicted octanol–water partition coefficient (Wildman–Crippen LogP) is 4.40. The topological polar surface area (TPSA) is 29.5 Å². The van der Waals surface area contributed by atoms with Crippen LogP contribution in [0.25, 0.3) is 0 Å². The molecule has 0 saturated heterocycles. The molecule has 1 atom stereocenters. The number of rotatable bonds is 5. The highest BCUT2D eigenvalue weighted by Crippen LogP contribution is 2.26. The highest BCUT2D eigenvalue weighted by molar-refractivity contribution is 9.10. The maximum Gasteiger partial charge on any atom is 0.124 e. The van der Waals surface area contributed by atoms with E-state index in [1.165, 1.54) is 12.1 Å². The van der Waals surface area contributed by atoms with Crippen molar-refractivity contribution in [2.45, 2.75) is 18.9 Å². The van der Waals surface area contributed by atoms with Crippen LogP contribution in [0.4, 0.5) is 4.39 Å². The Morgan fingerprint density at radius 3 is 2.57 bits per heavy atom. The molecule has 5 heteroatoms. The average Bonchev–Trinajstić information content (AvgIpc) is 2.42. The molecular formula is C16H15BrClFO2. The Balaban J connectivity index is 2.11. The van der Waals surface area contributed by atoms with Gasteiger partial charge < -0.3 is 9.84 Å². The molecule has 0 aliphatic rings. The Kier molecular flexibility index (Phi) is 5.62. The van der Waals surface area contributed by atoms with Crippen molar-refractivity contribution in [1.29, 1.82) is 0 Å². The third-order valence-electron chi connectivity index (χ3n) is 3.17. The highest BCUT2D eigenvalue weighted by atomic mass is 79.9. The standard InChI is InChI=1S/C16H15BrClFO2/c1-21-16-5-3-12(17)6-11(16)8-14(20)7-10-2-4-13(19)9-15(10)18/h2-6,9,14,20H,7-8H2,1H3.